The maximum atomic E-state index is 11.8. The molecule has 1 amide bonds. The largest absolute Gasteiger partial charge is 0.368 e. The first-order chi connectivity index (χ1) is 9.25. The fourth-order valence-corrected chi connectivity index (χ4v) is 2.81. The lowest BCUT2D eigenvalue weighted by molar-refractivity contribution is -0.124. The maximum Gasteiger partial charge on any atom is 0.239 e. The van der Waals surface area contributed by atoms with Gasteiger partial charge in [0.25, 0.3) is 0 Å². The zero-order valence-electron chi connectivity index (χ0n) is 10.7. The van der Waals surface area contributed by atoms with Crippen molar-refractivity contribution in [3.63, 3.8) is 0 Å². The summed E-state index contributed by atoms with van der Waals surface area (Å²) in [7, 11) is 0. The van der Waals surface area contributed by atoms with Gasteiger partial charge in [0, 0.05) is 25.5 Å². The zero-order valence-corrected chi connectivity index (χ0v) is 10.7. The molecule has 1 aromatic carbocycles. The molecule has 1 aliphatic heterocycles. The number of nitrogens with zero attached hydrogens (tertiary/aromatic N) is 1. The number of benzene rings is 1. The highest BCUT2D eigenvalue weighted by atomic mass is 16.1. The summed E-state index contributed by atoms with van der Waals surface area (Å²) >= 11 is 0. The molecule has 0 saturated heterocycles. The van der Waals surface area contributed by atoms with Crippen LogP contribution in [-0.4, -0.2) is 22.3 Å². The van der Waals surface area contributed by atoms with E-state index in [9.17, 15) is 4.79 Å². The van der Waals surface area contributed by atoms with Gasteiger partial charge in [0.1, 0.15) is 6.04 Å². The number of rotatable bonds is 3. The molecule has 0 aliphatic carbocycles. The molecular formula is C15H17N3O. The van der Waals surface area contributed by atoms with Gasteiger partial charge in [0.15, 0.2) is 0 Å². The van der Waals surface area contributed by atoms with Crippen LogP contribution in [0.3, 0.4) is 0 Å². The molecule has 1 aliphatic rings. The molecule has 0 bridgehead atoms. The first-order valence-corrected chi connectivity index (χ1v) is 6.48. The van der Waals surface area contributed by atoms with Crippen LogP contribution in [0.15, 0.2) is 42.7 Å². The first-order valence-electron chi connectivity index (χ1n) is 6.48. The molecule has 19 heavy (non-hydrogen) atoms. The number of hydrogen-bond acceptors (Lipinski definition) is 2. The van der Waals surface area contributed by atoms with E-state index in [-0.39, 0.29) is 11.9 Å². The Kier molecular flexibility index (Phi) is 3.09. The molecule has 0 radical (unpaired) electrons. The van der Waals surface area contributed by atoms with Crippen molar-refractivity contribution in [1.82, 2.24) is 9.88 Å². The van der Waals surface area contributed by atoms with Crippen molar-refractivity contribution in [2.75, 3.05) is 6.54 Å². The average molecular weight is 255 g/mol. The first kappa shape index (κ1) is 12.0. The molecule has 0 spiro atoms. The smallest absolute Gasteiger partial charge is 0.239 e. The third-order valence-electron chi connectivity index (χ3n) is 3.70. The van der Waals surface area contributed by atoms with Crippen molar-refractivity contribution in [3.8, 4) is 0 Å². The topological polar surface area (TPSA) is 62.1 Å². The van der Waals surface area contributed by atoms with Crippen LogP contribution in [0, 0.1) is 0 Å². The van der Waals surface area contributed by atoms with Crippen molar-refractivity contribution in [2.45, 2.75) is 19.0 Å². The predicted octanol–water partition coefficient (Wildman–Crippen LogP) is 1.60. The Balaban J connectivity index is 1.92. The fourth-order valence-electron chi connectivity index (χ4n) is 2.81. The molecule has 98 valence electrons. The van der Waals surface area contributed by atoms with Crippen LogP contribution in [0.1, 0.15) is 22.7 Å². The highest BCUT2D eigenvalue weighted by molar-refractivity contribution is 5.82. The number of carbonyl (C=O) groups is 1. The minimum atomic E-state index is -0.320. The van der Waals surface area contributed by atoms with Crippen LogP contribution in [0.25, 0.3) is 0 Å². The quantitative estimate of drug-likeness (QED) is 0.875. The molecule has 3 N–H and O–H groups in total. The van der Waals surface area contributed by atoms with Gasteiger partial charge in [0.05, 0.1) is 0 Å². The Bertz CT molecular complexity index is 577. The minimum absolute atomic E-state index is 0.275. The number of primary amides is 1. The minimum Gasteiger partial charge on any atom is -0.368 e. The Labute approximate surface area is 112 Å². The van der Waals surface area contributed by atoms with Crippen LogP contribution in [0.4, 0.5) is 0 Å². The number of fused-ring (bicyclic) bond motifs is 1. The van der Waals surface area contributed by atoms with Crippen molar-refractivity contribution >= 4 is 5.91 Å². The van der Waals surface area contributed by atoms with Crippen molar-refractivity contribution in [1.29, 1.82) is 0 Å². The molecule has 2 aromatic rings. The van der Waals surface area contributed by atoms with E-state index in [2.05, 4.69) is 16.0 Å². The number of aromatic nitrogens is 1. The van der Waals surface area contributed by atoms with Crippen LogP contribution in [-0.2, 0) is 17.8 Å². The number of hydrogen-bond donors (Lipinski definition) is 2. The van der Waals surface area contributed by atoms with Crippen LogP contribution < -0.4 is 5.73 Å². The van der Waals surface area contributed by atoms with E-state index in [0.717, 1.165) is 25.1 Å². The Hall–Kier alpha value is -2.07. The van der Waals surface area contributed by atoms with Gasteiger partial charge in [-0.3, -0.25) is 9.69 Å². The number of amides is 1. The molecule has 0 saturated carbocycles. The van der Waals surface area contributed by atoms with Gasteiger partial charge in [-0.2, -0.15) is 0 Å². The van der Waals surface area contributed by atoms with Crippen molar-refractivity contribution in [3.05, 3.63) is 59.4 Å². The number of aromatic amines is 1. The van der Waals surface area contributed by atoms with E-state index in [0.29, 0.717) is 0 Å². The molecule has 1 atom stereocenters. The van der Waals surface area contributed by atoms with E-state index in [1.54, 1.807) is 0 Å². The van der Waals surface area contributed by atoms with Crippen molar-refractivity contribution in [2.24, 2.45) is 5.73 Å². The molecular weight excluding hydrogens is 238 g/mol. The second kappa shape index (κ2) is 4.90. The van der Waals surface area contributed by atoms with Gasteiger partial charge in [0.2, 0.25) is 5.91 Å². The highest BCUT2D eigenvalue weighted by Crippen LogP contribution is 2.30. The second-order valence-electron chi connectivity index (χ2n) is 4.94. The third kappa shape index (κ3) is 2.27. The molecule has 4 nitrogen and oxygen atoms in total. The Morgan fingerprint density at radius 3 is 2.95 bits per heavy atom. The number of nitrogens with one attached hydrogen (secondary N) is 1. The number of carbonyl (C=O) groups excluding carboxylic acids is 1. The summed E-state index contributed by atoms with van der Waals surface area (Å²) in [6.07, 6.45) is 4.81. The van der Waals surface area contributed by atoms with Gasteiger partial charge in [-0.1, -0.05) is 24.3 Å². The summed E-state index contributed by atoms with van der Waals surface area (Å²) in [5, 5.41) is 0. The lowest BCUT2D eigenvalue weighted by atomic mass is 9.92. The fraction of sp³-hybridized carbons (Fsp3) is 0.267. The third-order valence-corrected chi connectivity index (χ3v) is 3.70. The summed E-state index contributed by atoms with van der Waals surface area (Å²) in [5.41, 5.74) is 9.07. The summed E-state index contributed by atoms with van der Waals surface area (Å²) < 4.78 is 0. The van der Waals surface area contributed by atoms with E-state index in [1.165, 1.54) is 11.1 Å². The molecule has 0 fully saturated rings. The number of nitrogens with two attached hydrogens (primary N) is 1. The summed E-state index contributed by atoms with van der Waals surface area (Å²) in [5.74, 6) is -0.275. The average Bonchev–Trinajstić information content (AvgIpc) is 2.91. The summed E-state index contributed by atoms with van der Waals surface area (Å²) in [6.45, 7) is 1.60. The normalized spacial score (nSPS) is 19.1. The number of H-pyrrole nitrogens is 1. The van der Waals surface area contributed by atoms with E-state index >= 15 is 0 Å². The highest BCUT2D eigenvalue weighted by Gasteiger charge is 2.31. The zero-order chi connectivity index (χ0) is 13.2. The van der Waals surface area contributed by atoms with Crippen LogP contribution in [0.5, 0.6) is 0 Å². The van der Waals surface area contributed by atoms with E-state index in [1.807, 2.05) is 36.7 Å². The molecule has 1 unspecified atom stereocenters. The second-order valence-corrected chi connectivity index (χ2v) is 4.94. The monoisotopic (exact) mass is 255 g/mol. The van der Waals surface area contributed by atoms with Crippen molar-refractivity contribution < 1.29 is 4.79 Å². The molecule has 2 heterocycles. The lowest BCUT2D eigenvalue weighted by Crippen LogP contribution is -2.42. The van der Waals surface area contributed by atoms with Crippen LogP contribution in [0.2, 0.25) is 0 Å². The Morgan fingerprint density at radius 2 is 2.21 bits per heavy atom. The predicted molar refractivity (Wildman–Crippen MR) is 73.3 cm³/mol. The van der Waals surface area contributed by atoms with Gasteiger partial charge in [-0.05, 0) is 29.2 Å². The van der Waals surface area contributed by atoms with Gasteiger partial charge >= 0.3 is 0 Å². The lowest BCUT2D eigenvalue weighted by Gasteiger charge is -2.35. The molecule has 1 aromatic heterocycles. The van der Waals surface area contributed by atoms with E-state index < -0.39 is 0 Å². The van der Waals surface area contributed by atoms with Crippen LogP contribution >= 0.6 is 0 Å². The van der Waals surface area contributed by atoms with Gasteiger partial charge in [-0.25, -0.2) is 0 Å². The SMILES string of the molecule is NC(=O)C1c2ccccc2CCN1Cc1cc[nH]c1. The van der Waals surface area contributed by atoms with Gasteiger partial charge in [-0.15, -0.1) is 0 Å². The maximum absolute atomic E-state index is 11.8. The summed E-state index contributed by atoms with van der Waals surface area (Å²) in [4.78, 5) is 17.0. The van der Waals surface area contributed by atoms with Gasteiger partial charge < -0.3 is 10.7 Å². The molecule has 4 heteroatoms. The Morgan fingerprint density at radius 1 is 1.37 bits per heavy atom. The molecule has 3 rings (SSSR count). The van der Waals surface area contributed by atoms with E-state index in [4.69, 9.17) is 5.73 Å². The summed E-state index contributed by atoms with van der Waals surface area (Å²) in [6, 6.07) is 9.78. The standard InChI is InChI=1S/C15H17N3O/c16-15(19)14-13-4-2-1-3-12(13)6-8-18(14)10-11-5-7-17-9-11/h1-5,7,9,14,17H,6,8,10H2,(H2,16,19).